The molecule has 1 rings (SSSR count). The van der Waals surface area contributed by atoms with Gasteiger partial charge in [-0.2, -0.15) is 0 Å². The number of carbonyl (C=O) groups is 1. The third-order valence-corrected chi connectivity index (χ3v) is 2.57. The van der Waals surface area contributed by atoms with Gasteiger partial charge >= 0.3 is 0 Å². The van der Waals surface area contributed by atoms with Crippen LogP contribution in [0.15, 0.2) is 18.2 Å². The number of hydrogen-bond acceptors (Lipinski definition) is 3. The van der Waals surface area contributed by atoms with Crippen molar-refractivity contribution in [1.29, 1.82) is 0 Å². The van der Waals surface area contributed by atoms with Crippen LogP contribution in [0.2, 0.25) is 5.02 Å². The van der Waals surface area contributed by atoms with Gasteiger partial charge in [-0.05, 0) is 31.7 Å². The summed E-state index contributed by atoms with van der Waals surface area (Å²) in [7, 11) is 1.81. The lowest BCUT2D eigenvalue weighted by Crippen LogP contribution is -2.18. The second-order valence-electron chi connectivity index (χ2n) is 3.90. The highest BCUT2D eigenvalue weighted by Crippen LogP contribution is 2.27. The fourth-order valence-corrected chi connectivity index (χ4v) is 1.60. The molecule has 0 aliphatic heterocycles. The van der Waals surface area contributed by atoms with Gasteiger partial charge < -0.3 is 15.4 Å². The van der Waals surface area contributed by atoms with Crippen LogP contribution in [0.3, 0.4) is 0 Å². The number of ether oxygens (including phenoxy) is 1. The Labute approximate surface area is 113 Å². The average molecular weight is 271 g/mol. The molecule has 1 amide bonds. The van der Waals surface area contributed by atoms with Crippen LogP contribution in [0.5, 0.6) is 5.75 Å². The average Bonchev–Trinajstić information content (AvgIpc) is 2.35. The molecule has 5 heteroatoms. The van der Waals surface area contributed by atoms with Crippen molar-refractivity contribution in [2.24, 2.45) is 0 Å². The fraction of sp³-hybridized carbons (Fsp3) is 0.462. The lowest BCUT2D eigenvalue weighted by Gasteiger charge is -2.09. The maximum Gasteiger partial charge on any atom is 0.225 e. The molecule has 0 aromatic heterocycles. The molecular formula is C13H19ClN2O2. The van der Waals surface area contributed by atoms with Gasteiger partial charge in [0.15, 0.2) is 0 Å². The third kappa shape index (κ3) is 4.94. The summed E-state index contributed by atoms with van der Waals surface area (Å²) >= 11 is 6.06. The maximum atomic E-state index is 11.5. The Balaban J connectivity index is 2.58. The van der Waals surface area contributed by atoms with Crippen LogP contribution in [0.4, 0.5) is 5.69 Å². The Hall–Kier alpha value is -1.26. The summed E-state index contributed by atoms with van der Waals surface area (Å²) in [6, 6.07) is 5.25. The summed E-state index contributed by atoms with van der Waals surface area (Å²) < 4.78 is 5.46. The number of halogens is 1. The topological polar surface area (TPSA) is 50.4 Å². The second-order valence-corrected chi connectivity index (χ2v) is 4.30. The lowest BCUT2D eigenvalue weighted by molar-refractivity contribution is -0.116. The van der Waals surface area contributed by atoms with Gasteiger partial charge in [-0.15, -0.1) is 0 Å². The van der Waals surface area contributed by atoms with E-state index in [-0.39, 0.29) is 5.91 Å². The highest BCUT2D eigenvalue weighted by molar-refractivity contribution is 6.32. The molecule has 100 valence electrons. The molecule has 0 atom stereocenters. The largest absolute Gasteiger partial charge is 0.492 e. The van der Waals surface area contributed by atoms with Crippen molar-refractivity contribution < 1.29 is 9.53 Å². The molecule has 0 spiro atoms. The van der Waals surface area contributed by atoms with E-state index in [2.05, 4.69) is 10.6 Å². The van der Waals surface area contributed by atoms with E-state index in [1.807, 2.05) is 14.0 Å². The molecule has 4 nitrogen and oxygen atoms in total. The fourth-order valence-electron chi connectivity index (χ4n) is 1.37. The minimum Gasteiger partial charge on any atom is -0.492 e. The van der Waals surface area contributed by atoms with Gasteiger partial charge in [0, 0.05) is 18.7 Å². The summed E-state index contributed by atoms with van der Waals surface area (Å²) in [4.78, 5) is 11.5. The van der Waals surface area contributed by atoms with Gasteiger partial charge in [-0.1, -0.05) is 18.5 Å². The number of carbonyl (C=O) groups excluding carboxylic acids is 1. The van der Waals surface area contributed by atoms with Crippen molar-refractivity contribution in [2.45, 2.75) is 19.8 Å². The number of rotatable bonds is 7. The van der Waals surface area contributed by atoms with Crippen LogP contribution in [-0.4, -0.2) is 26.1 Å². The minimum atomic E-state index is -0.0392. The third-order valence-electron chi connectivity index (χ3n) is 2.28. The van der Waals surface area contributed by atoms with E-state index >= 15 is 0 Å². The Morgan fingerprint density at radius 1 is 1.44 bits per heavy atom. The Kier molecular flexibility index (Phi) is 6.54. The smallest absolute Gasteiger partial charge is 0.225 e. The first-order chi connectivity index (χ1) is 8.67. The van der Waals surface area contributed by atoms with Crippen molar-refractivity contribution in [2.75, 3.05) is 25.5 Å². The summed E-state index contributed by atoms with van der Waals surface area (Å²) in [5.74, 6) is 0.606. The first-order valence-corrected chi connectivity index (χ1v) is 6.42. The highest BCUT2D eigenvalue weighted by Gasteiger charge is 2.05. The zero-order valence-electron chi connectivity index (χ0n) is 10.8. The molecule has 0 heterocycles. The first-order valence-electron chi connectivity index (χ1n) is 6.04. The van der Waals surface area contributed by atoms with E-state index in [9.17, 15) is 4.79 Å². The summed E-state index contributed by atoms with van der Waals surface area (Å²) in [5.41, 5.74) is 0.685. The predicted molar refractivity (Wildman–Crippen MR) is 74.4 cm³/mol. The number of hydrogen-bond donors (Lipinski definition) is 2. The van der Waals surface area contributed by atoms with Crippen molar-refractivity contribution >= 4 is 23.2 Å². The van der Waals surface area contributed by atoms with Gasteiger partial charge in [0.2, 0.25) is 5.91 Å². The molecule has 0 bridgehead atoms. The zero-order valence-corrected chi connectivity index (χ0v) is 11.5. The SMILES string of the molecule is CCCOc1ccc(NC(=O)CCNC)cc1Cl. The van der Waals surface area contributed by atoms with Crippen molar-refractivity contribution in [1.82, 2.24) is 5.32 Å². The molecule has 0 aliphatic carbocycles. The van der Waals surface area contributed by atoms with Gasteiger partial charge in [0.25, 0.3) is 0 Å². The van der Waals surface area contributed by atoms with Crippen LogP contribution >= 0.6 is 11.6 Å². The lowest BCUT2D eigenvalue weighted by atomic mass is 10.3. The Morgan fingerprint density at radius 3 is 2.83 bits per heavy atom. The normalized spacial score (nSPS) is 10.2. The second kappa shape index (κ2) is 7.95. The minimum absolute atomic E-state index is 0.0392. The monoisotopic (exact) mass is 270 g/mol. The maximum absolute atomic E-state index is 11.5. The Morgan fingerprint density at radius 2 is 2.22 bits per heavy atom. The molecule has 1 aromatic carbocycles. The van der Waals surface area contributed by atoms with Gasteiger partial charge in [-0.3, -0.25) is 4.79 Å². The first kappa shape index (κ1) is 14.8. The summed E-state index contributed by atoms with van der Waals surface area (Å²) in [6.07, 6.45) is 1.36. The molecule has 18 heavy (non-hydrogen) atoms. The zero-order chi connectivity index (χ0) is 13.4. The van der Waals surface area contributed by atoms with Crippen LogP contribution < -0.4 is 15.4 Å². The molecule has 0 unspecified atom stereocenters. The summed E-state index contributed by atoms with van der Waals surface area (Å²) in [6.45, 7) is 3.31. The molecule has 0 aliphatic rings. The predicted octanol–water partition coefficient (Wildman–Crippen LogP) is 2.68. The van der Waals surface area contributed by atoms with Gasteiger partial charge in [0.05, 0.1) is 11.6 Å². The van der Waals surface area contributed by atoms with E-state index in [0.29, 0.717) is 36.0 Å². The van der Waals surface area contributed by atoms with Gasteiger partial charge in [-0.25, -0.2) is 0 Å². The number of nitrogens with one attached hydrogen (secondary N) is 2. The molecule has 0 radical (unpaired) electrons. The van der Waals surface area contributed by atoms with Crippen LogP contribution in [0.1, 0.15) is 19.8 Å². The molecule has 1 aromatic rings. The molecular weight excluding hydrogens is 252 g/mol. The van der Waals surface area contributed by atoms with E-state index in [1.54, 1.807) is 18.2 Å². The van der Waals surface area contributed by atoms with Crippen LogP contribution in [-0.2, 0) is 4.79 Å². The molecule has 2 N–H and O–H groups in total. The standard InChI is InChI=1S/C13H19ClN2O2/c1-3-8-18-12-5-4-10(9-11(12)14)16-13(17)6-7-15-2/h4-5,9,15H,3,6-8H2,1-2H3,(H,16,17). The van der Waals surface area contributed by atoms with Crippen molar-refractivity contribution in [3.63, 3.8) is 0 Å². The van der Waals surface area contributed by atoms with Gasteiger partial charge in [0.1, 0.15) is 5.75 Å². The number of anilines is 1. The van der Waals surface area contributed by atoms with E-state index in [1.165, 1.54) is 0 Å². The van der Waals surface area contributed by atoms with Crippen LogP contribution in [0, 0.1) is 0 Å². The quantitative estimate of drug-likeness (QED) is 0.801. The van der Waals surface area contributed by atoms with Crippen molar-refractivity contribution in [3.05, 3.63) is 23.2 Å². The molecule has 0 saturated heterocycles. The number of benzene rings is 1. The molecule has 0 saturated carbocycles. The van der Waals surface area contributed by atoms with E-state index in [0.717, 1.165) is 6.42 Å². The van der Waals surface area contributed by atoms with E-state index in [4.69, 9.17) is 16.3 Å². The van der Waals surface area contributed by atoms with E-state index < -0.39 is 0 Å². The number of amides is 1. The summed E-state index contributed by atoms with van der Waals surface area (Å²) in [5, 5.41) is 6.21. The highest BCUT2D eigenvalue weighted by atomic mass is 35.5. The Bertz CT molecular complexity index is 397. The van der Waals surface area contributed by atoms with Crippen LogP contribution in [0.25, 0.3) is 0 Å². The van der Waals surface area contributed by atoms with Crippen molar-refractivity contribution in [3.8, 4) is 5.75 Å². The molecule has 0 fully saturated rings.